The van der Waals surface area contributed by atoms with E-state index in [0.29, 0.717) is 0 Å². The van der Waals surface area contributed by atoms with Crippen LogP contribution >= 0.6 is 11.6 Å². The van der Waals surface area contributed by atoms with E-state index in [1.165, 1.54) is 24.3 Å². The zero-order valence-electron chi connectivity index (χ0n) is 14.8. The number of benzene rings is 1. The van der Waals surface area contributed by atoms with Gasteiger partial charge in [-0.05, 0) is 36.8 Å². The summed E-state index contributed by atoms with van der Waals surface area (Å²) in [5.41, 5.74) is -0.638. The number of aryl methyl sites for hydroxylation is 1. The van der Waals surface area contributed by atoms with Gasteiger partial charge in [0.1, 0.15) is 5.69 Å². The van der Waals surface area contributed by atoms with Crippen LogP contribution in [0.1, 0.15) is 28.7 Å². The average molecular weight is 447 g/mol. The first-order chi connectivity index (χ1) is 13.4. The van der Waals surface area contributed by atoms with Gasteiger partial charge in [-0.2, -0.15) is 13.2 Å². The van der Waals surface area contributed by atoms with Gasteiger partial charge in [0, 0.05) is 11.9 Å². The van der Waals surface area contributed by atoms with Crippen molar-refractivity contribution in [2.24, 2.45) is 5.14 Å². The molecular weight excluding hydrogens is 433 g/mol. The van der Waals surface area contributed by atoms with Crippen LogP contribution in [0.4, 0.5) is 18.9 Å². The molecule has 3 aromatic rings. The number of nitrogens with zero attached hydrogens (tertiary/aromatic N) is 2. The quantitative estimate of drug-likeness (QED) is 0.639. The Bertz CT molecular complexity index is 1210. The highest BCUT2D eigenvalue weighted by molar-refractivity contribution is 7.89. The molecule has 1 aromatic carbocycles. The van der Waals surface area contributed by atoms with Gasteiger partial charge in [0.15, 0.2) is 5.65 Å². The number of amides is 1. The number of imidazole rings is 1. The minimum absolute atomic E-state index is 0.0197. The minimum atomic E-state index is -4.66. The van der Waals surface area contributed by atoms with Crippen LogP contribution in [0.3, 0.4) is 0 Å². The number of primary sulfonamides is 1. The molecule has 2 aromatic heterocycles. The Labute approximate surface area is 168 Å². The number of sulfonamides is 1. The molecule has 1 amide bonds. The number of anilines is 1. The summed E-state index contributed by atoms with van der Waals surface area (Å²) < 4.78 is 63.0. The van der Waals surface area contributed by atoms with E-state index >= 15 is 0 Å². The third-order valence-electron chi connectivity index (χ3n) is 4.07. The van der Waals surface area contributed by atoms with Gasteiger partial charge in [-0.25, -0.2) is 18.5 Å². The fraction of sp³-hybridized carbons (Fsp3) is 0.176. The number of rotatable bonds is 4. The fourth-order valence-electron chi connectivity index (χ4n) is 2.71. The zero-order chi connectivity index (χ0) is 21.6. The molecule has 0 unspecified atom stereocenters. The molecule has 0 spiro atoms. The molecule has 0 atom stereocenters. The van der Waals surface area contributed by atoms with Gasteiger partial charge < -0.3 is 5.32 Å². The number of carbonyl (C=O) groups is 1. The van der Waals surface area contributed by atoms with Crippen molar-refractivity contribution in [3.05, 3.63) is 58.5 Å². The van der Waals surface area contributed by atoms with Crippen molar-refractivity contribution >= 4 is 38.9 Å². The standard InChI is InChI=1S/C17H14ClF3N4O3S/c1-2-13-14(16(26)23-10-3-5-11(6-4-10)29(22,27)28)25-8-9(17(19,20)21)7-12(18)15(25)24-13/h3-8H,2H2,1H3,(H,23,26)(H2,22,27,28). The van der Waals surface area contributed by atoms with E-state index in [1.807, 2.05) is 0 Å². The van der Waals surface area contributed by atoms with E-state index in [9.17, 15) is 26.4 Å². The van der Waals surface area contributed by atoms with E-state index in [0.717, 1.165) is 16.7 Å². The molecule has 2 heterocycles. The summed E-state index contributed by atoms with van der Waals surface area (Å²) in [6.07, 6.45) is -3.63. The maximum Gasteiger partial charge on any atom is 0.417 e. The summed E-state index contributed by atoms with van der Waals surface area (Å²) >= 11 is 5.95. The summed E-state index contributed by atoms with van der Waals surface area (Å²) in [7, 11) is -3.90. The predicted molar refractivity (Wildman–Crippen MR) is 100 cm³/mol. The number of nitrogens with two attached hydrogens (primary N) is 1. The Hall–Kier alpha value is -2.63. The lowest BCUT2D eigenvalue weighted by atomic mass is 10.2. The highest BCUT2D eigenvalue weighted by Gasteiger charge is 2.33. The van der Waals surface area contributed by atoms with E-state index < -0.39 is 27.7 Å². The van der Waals surface area contributed by atoms with Crippen molar-refractivity contribution in [3.63, 3.8) is 0 Å². The van der Waals surface area contributed by atoms with Crippen LogP contribution in [0.2, 0.25) is 5.02 Å². The number of fused-ring (bicyclic) bond motifs is 1. The normalized spacial score (nSPS) is 12.3. The highest BCUT2D eigenvalue weighted by atomic mass is 35.5. The van der Waals surface area contributed by atoms with Gasteiger partial charge in [0.25, 0.3) is 5.91 Å². The van der Waals surface area contributed by atoms with E-state index in [-0.39, 0.29) is 39.1 Å². The number of aromatic nitrogens is 2. The van der Waals surface area contributed by atoms with Crippen LogP contribution < -0.4 is 10.5 Å². The molecule has 154 valence electrons. The Morgan fingerprint density at radius 3 is 2.41 bits per heavy atom. The first-order valence-electron chi connectivity index (χ1n) is 8.13. The van der Waals surface area contributed by atoms with Crippen LogP contribution in [-0.2, 0) is 22.6 Å². The first-order valence-corrected chi connectivity index (χ1v) is 10.1. The molecule has 3 N–H and O–H groups in total. The van der Waals surface area contributed by atoms with Crippen molar-refractivity contribution in [2.75, 3.05) is 5.32 Å². The SMILES string of the molecule is CCc1nc2c(Cl)cc(C(F)(F)F)cn2c1C(=O)Nc1ccc(S(N)(=O)=O)cc1. The van der Waals surface area contributed by atoms with Crippen LogP contribution in [0.5, 0.6) is 0 Å². The molecule has 0 aliphatic heterocycles. The third kappa shape index (κ3) is 4.21. The van der Waals surface area contributed by atoms with Gasteiger partial charge >= 0.3 is 6.18 Å². The molecule has 0 bridgehead atoms. The van der Waals surface area contributed by atoms with Gasteiger partial charge in [-0.3, -0.25) is 9.20 Å². The second kappa shape index (κ2) is 7.32. The average Bonchev–Trinajstić information content (AvgIpc) is 3.00. The first kappa shape index (κ1) is 21.1. The molecular formula is C17H14ClF3N4O3S. The van der Waals surface area contributed by atoms with Crippen molar-refractivity contribution in [1.29, 1.82) is 0 Å². The van der Waals surface area contributed by atoms with Crippen molar-refractivity contribution in [3.8, 4) is 0 Å². The van der Waals surface area contributed by atoms with E-state index in [4.69, 9.17) is 16.7 Å². The highest BCUT2D eigenvalue weighted by Crippen LogP contribution is 2.33. The predicted octanol–water partition coefficient (Wildman–Crippen LogP) is 3.47. The van der Waals surface area contributed by atoms with Crippen LogP contribution in [0.25, 0.3) is 5.65 Å². The van der Waals surface area contributed by atoms with Gasteiger partial charge in [0.05, 0.1) is 21.2 Å². The van der Waals surface area contributed by atoms with E-state index in [2.05, 4.69) is 10.3 Å². The van der Waals surface area contributed by atoms with E-state index in [1.54, 1.807) is 6.92 Å². The topological polar surface area (TPSA) is 107 Å². The van der Waals surface area contributed by atoms with Gasteiger partial charge in [0.2, 0.25) is 10.0 Å². The molecule has 7 nitrogen and oxygen atoms in total. The molecule has 12 heteroatoms. The number of alkyl halides is 3. The molecule has 0 aliphatic rings. The van der Waals surface area contributed by atoms with Crippen LogP contribution in [0, 0.1) is 0 Å². The summed E-state index contributed by atoms with van der Waals surface area (Å²) in [6.45, 7) is 1.69. The van der Waals surface area contributed by atoms with Crippen LogP contribution in [0.15, 0.2) is 41.4 Å². The van der Waals surface area contributed by atoms with Gasteiger partial charge in [-0.1, -0.05) is 18.5 Å². The second-order valence-electron chi connectivity index (χ2n) is 6.05. The summed E-state index contributed by atoms with van der Waals surface area (Å²) in [6, 6.07) is 5.75. The van der Waals surface area contributed by atoms with Crippen LogP contribution in [-0.4, -0.2) is 23.7 Å². The lowest BCUT2D eigenvalue weighted by molar-refractivity contribution is -0.137. The summed E-state index contributed by atoms with van der Waals surface area (Å²) in [5.74, 6) is -0.729. The zero-order valence-corrected chi connectivity index (χ0v) is 16.4. The number of carbonyl (C=O) groups excluding carboxylic acids is 1. The molecule has 0 saturated carbocycles. The van der Waals surface area contributed by atoms with Gasteiger partial charge in [-0.15, -0.1) is 0 Å². The second-order valence-corrected chi connectivity index (χ2v) is 8.02. The Morgan fingerprint density at radius 2 is 1.90 bits per heavy atom. The third-order valence-corrected chi connectivity index (χ3v) is 5.27. The fourth-order valence-corrected chi connectivity index (χ4v) is 3.48. The molecule has 29 heavy (non-hydrogen) atoms. The molecule has 3 rings (SSSR count). The summed E-state index contributed by atoms with van der Waals surface area (Å²) in [4.78, 5) is 16.8. The summed E-state index contributed by atoms with van der Waals surface area (Å²) in [5, 5.41) is 7.28. The maximum absolute atomic E-state index is 13.1. The number of halogens is 4. The Kier molecular flexibility index (Phi) is 5.32. The number of hydrogen-bond donors (Lipinski definition) is 2. The Balaban J connectivity index is 2.05. The lowest BCUT2D eigenvalue weighted by Crippen LogP contribution is -2.17. The smallest absolute Gasteiger partial charge is 0.321 e. The van der Waals surface area contributed by atoms with Crippen molar-refractivity contribution in [2.45, 2.75) is 24.4 Å². The van der Waals surface area contributed by atoms with Crippen molar-refractivity contribution in [1.82, 2.24) is 9.38 Å². The molecule has 0 radical (unpaired) electrons. The monoisotopic (exact) mass is 446 g/mol. The lowest BCUT2D eigenvalue weighted by Gasteiger charge is -2.10. The largest absolute Gasteiger partial charge is 0.417 e. The molecule has 0 fully saturated rings. The Morgan fingerprint density at radius 1 is 1.28 bits per heavy atom. The molecule has 0 aliphatic carbocycles. The minimum Gasteiger partial charge on any atom is -0.321 e. The number of hydrogen-bond acceptors (Lipinski definition) is 4. The molecule has 0 saturated heterocycles. The maximum atomic E-state index is 13.1. The van der Waals surface area contributed by atoms with Crippen molar-refractivity contribution < 1.29 is 26.4 Å². The number of pyridine rings is 1. The number of nitrogens with one attached hydrogen (secondary N) is 1.